The maximum absolute atomic E-state index is 12.5. The molecule has 0 aromatic heterocycles. The zero-order valence-corrected chi connectivity index (χ0v) is 13.0. The topological polar surface area (TPSA) is 44.2 Å². The van der Waals surface area contributed by atoms with Gasteiger partial charge in [0.1, 0.15) is 0 Å². The lowest BCUT2D eigenvalue weighted by atomic mass is 9.99. The van der Waals surface area contributed by atoms with E-state index in [0.717, 1.165) is 5.56 Å². The summed E-state index contributed by atoms with van der Waals surface area (Å²) in [5.74, 6) is 0.0195. The van der Waals surface area contributed by atoms with Gasteiger partial charge in [0.15, 0.2) is 0 Å². The lowest BCUT2D eigenvalue weighted by Crippen LogP contribution is -2.33. The fourth-order valence-electron chi connectivity index (χ4n) is 3.02. The Morgan fingerprint density at radius 2 is 1.82 bits per heavy atom. The van der Waals surface area contributed by atoms with Crippen molar-refractivity contribution in [2.75, 3.05) is 6.54 Å². The monoisotopic (exact) mass is 292 g/mol. The van der Waals surface area contributed by atoms with Crippen molar-refractivity contribution < 1.29 is 4.79 Å². The highest BCUT2D eigenvalue weighted by molar-refractivity contribution is 6.00. The van der Waals surface area contributed by atoms with Gasteiger partial charge in [-0.05, 0) is 42.7 Å². The van der Waals surface area contributed by atoms with Crippen molar-refractivity contribution in [2.45, 2.75) is 26.3 Å². The SMILES string of the molecule is Cc1ccccc1-c1ccc(C(=O)N2CC(=N)C[C@H]2C)cc1. The number of nitrogens with zero attached hydrogens (tertiary/aromatic N) is 1. The summed E-state index contributed by atoms with van der Waals surface area (Å²) >= 11 is 0. The van der Waals surface area contributed by atoms with Crippen LogP contribution >= 0.6 is 0 Å². The number of carbonyl (C=O) groups is 1. The number of rotatable bonds is 2. The van der Waals surface area contributed by atoms with Crippen molar-refractivity contribution in [3.05, 3.63) is 59.7 Å². The summed E-state index contributed by atoms with van der Waals surface area (Å²) in [6.45, 7) is 4.55. The van der Waals surface area contributed by atoms with E-state index in [1.54, 1.807) is 4.90 Å². The summed E-state index contributed by atoms with van der Waals surface area (Å²) in [6, 6.07) is 16.1. The maximum Gasteiger partial charge on any atom is 0.254 e. The molecule has 2 aromatic carbocycles. The normalized spacial score (nSPS) is 17.8. The molecule has 3 nitrogen and oxygen atoms in total. The maximum atomic E-state index is 12.5. The van der Waals surface area contributed by atoms with Crippen LogP contribution in [0.2, 0.25) is 0 Å². The first-order chi connectivity index (χ1) is 10.6. The lowest BCUT2D eigenvalue weighted by Gasteiger charge is -2.20. The first kappa shape index (κ1) is 14.5. The van der Waals surface area contributed by atoms with E-state index >= 15 is 0 Å². The van der Waals surface area contributed by atoms with Gasteiger partial charge in [-0.25, -0.2) is 0 Å². The molecule has 1 aliphatic rings. The second-order valence-corrected chi connectivity index (χ2v) is 5.98. The van der Waals surface area contributed by atoms with Crippen molar-refractivity contribution in [1.29, 1.82) is 5.41 Å². The molecule has 0 unspecified atom stereocenters. The molecular formula is C19H20N2O. The van der Waals surface area contributed by atoms with Gasteiger partial charge in [-0.15, -0.1) is 0 Å². The Kier molecular flexibility index (Phi) is 3.80. The number of nitrogens with one attached hydrogen (secondary N) is 1. The third kappa shape index (κ3) is 2.67. The van der Waals surface area contributed by atoms with Gasteiger partial charge < -0.3 is 10.3 Å². The van der Waals surface area contributed by atoms with Crippen LogP contribution < -0.4 is 0 Å². The van der Waals surface area contributed by atoms with Crippen LogP contribution in [0.4, 0.5) is 0 Å². The van der Waals surface area contributed by atoms with E-state index in [2.05, 4.69) is 19.1 Å². The molecular weight excluding hydrogens is 272 g/mol. The molecule has 0 spiro atoms. The second kappa shape index (κ2) is 5.76. The molecule has 1 atom stereocenters. The number of benzene rings is 2. The largest absolute Gasteiger partial charge is 0.330 e. The Labute approximate surface area is 131 Å². The van der Waals surface area contributed by atoms with Gasteiger partial charge in [0.05, 0.1) is 6.54 Å². The highest BCUT2D eigenvalue weighted by Crippen LogP contribution is 2.24. The van der Waals surface area contributed by atoms with Gasteiger partial charge in [-0.2, -0.15) is 0 Å². The first-order valence-electron chi connectivity index (χ1n) is 7.59. The van der Waals surface area contributed by atoms with E-state index in [9.17, 15) is 4.79 Å². The molecule has 1 amide bonds. The average Bonchev–Trinajstić information content (AvgIpc) is 2.86. The minimum absolute atomic E-state index is 0.0195. The number of likely N-dealkylation sites (tertiary alicyclic amines) is 1. The molecule has 0 saturated carbocycles. The summed E-state index contributed by atoms with van der Waals surface area (Å²) in [5.41, 5.74) is 4.87. The van der Waals surface area contributed by atoms with Crippen LogP contribution in [0, 0.1) is 12.3 Å². The van der Waals surface area contributed by atoms with Gasteiger partial charge in [-0.1, -0.05) is 36.4 Å². The predicted octanol–water partition coefficient (Wildman–Crippen LogP) is 3.92. The van der Waals surface area contributed by atoms with Gasteiger partial charge in [0.2, 0.25) is 0 Å². The molecule has 0 bridgehead atoms. The summed E-state index contributed by atoms with van der Waals surface area (Å²) in [4.78, 5) is 14.3. The van der Waals surface area contributed by atoms with E-state index in [4.69, 9.17) is 5.41 Å². The van der Waals surface area contributed by atoms with Crippen LogP contribution in [0.25, 0.3) is 11.1 Å². The van der Waals surface area contributed by atoms with Crippen LogP contribution in [-0.4, -0.2) is 29.1 Å². The smallest absolute Gasteiger partial charge is 0.254 e. The fraction of sp³-hybridized carbons (Fsp3) is 0.263. The highest BCUT2D eigenvalue weighted by Gasteiger charge is 2.29. The molecule has 1 aliphatic heterocycles. The summed E-state index contributed by atoms with van der Waals surface area (Å²) in [5, 5.41) is 7.74. The number of aryl methyl sites for hydroxylation is 1. The zero-order chi connectivity index (χ0) is 15.7. The van der Waals surface area contributed by atoms with Gasteiger partial charge in [-0.3, -0.25) is 4.79 Å². The summed E-state index contributed by atoms with van der Waals surface area (Å²) in [6.07, 6.45) is 0.688. The fourth-order valence-corrected chi connectivity index (χ4v) is 3.02. The number of carbonyl (C=O) groups excluding carboxylic acids is 1. The summed E-state index contributed by atoms with van der Waals surface area (Å²) in [7, 11) is 0. The molecule has 3 rings (SSSR count). The Bertz CT molecular complexity index is 718. The van der Waals surface area contributed by atoms with Crippen LogP contribution in [0.5, 0.6) is 0 Å². The average molecular weight is 292 g/mol. The van der Waals surface area contributed by atoms with E-state index in [-0.39, 0.29) is 11.9 Å². The lowest BCUT2D eigenvalue weighted by molar-refractivity contribution is 0.0752. The van der Waals surface area contributed by atoms with Crippen LogP contribution in [0.15, 0.2) is 48.5 Å². The number of hydrogen-bond donors (Lipinski definition) is 1. The molecule has 22 heavy (non-hydrogen) atoms. The zero-order valence-electron chi connectivity index (χ0n) is 13.0. The molecule has 2 aromatic rings. The molecule has 3 heteroatoms. The van der Waals surface area contributed by atoms with E-state index < -0.39 is 0 Å². The Hall–Kier alpha value is -2.42. The quantitative estimate of drug-likeness (QED) is 0.896. The van der Waals surface area contributed by atoms with Crippen molar-refractivity contribution in [3.8, 4) is 11.1 Å². The Morgan fingerprint density at radius 3 is 2.41 bits per heavy atom. The molecule has 1 saturated heterocycles. The molecule has 112 valence electrons. The van der Waals surface area contributed by atoms with Crippen molar-refractivity contribution in [2.24, 2.45) is 0 Å². The van der Waals surface area contributed by atoms with E-state index in [1.807, 2.05) is 43.3 Å². The molecule has 0 radical (unpaired) electrons. The molecule has 1 heterocycles. The summed E-state index contributed by atoms with van der Waals surface area (Å²) < 4.78 is 0. The van der Waals surface area contributed by atoms with Crippen molar-refractivity contribution in [1.82, 2.24) is 4.90 Å². The van der Waals surface area contributed by atoms with Gasteiger partial charge in [0.25, 0.3) is 5.91 Å². The Morgan fingerprint density at radius 1 is 1.14 bits per heavy atom. The molecule has 1 N–H and O–H groups in total. The third-order valence-electron chi connectivity index (χ3n) is 4.28. The second-order valence-electron chi connectivity index (χ2n) is 5.98. The van der Waals surface area contributed by atoms with E-state index in [1.165, 1.54) is 11.1 Å². The standard InChI is InChI=1S/C19H20N2O/c1-13-5-3-4-6-18(13)15-7-9-16(10-8-15)19(22)21-12-17(20)11-14(21)2/h3-10,14,20H,11-12H2,1-2H3/t14-/m1/s1. The van der Waals surface area contributed by atoms with Crippen LogP contribution in [-0.2, 0) is 0 Å². The number of hydrogen-bond acceptors (Lipinski definition) is 2. The van der Waals surface area contributed by atoms with Crippen LogP contribution in [0.3, 0.4) is 0 Å². The van der Waals surface area contributed by atoms with Gasteiger partial charge >= 0.3 is 0 Å². The minimum atomic E-state index is 0.0195. The van der Waals surface area contributed by atoms with Gasteiger partial charge in [0, 0.05) is 23.7 Å². The first-order valence-corrected chi connectivity index (χ1v) is 7.59. The molecule has 0 aliphatic carbocycles. The van der Waals surface area contributed by atoms with E-state index in [0.29, 0.717) is 24.2 Å². The third-order valence-corrected chi connectivity index (χ3v) is 4.28. The minimum Gasteiger partial charge on any atom is -0.330 e. The number of amides is 1. The van der Waals surface area contributed by atoms with Crippen LogP contribution in [0.1, 0.15) is 29.3 Å². The van der Waals surface area contributed by atoms with Crippen molar-refractivity contribution in [3.63, 3.8) is 0 Å². The Balaban J connectivity index is 1.84. The van der Waals surface area contributed by atoms with Crippen molar-refractivity contribution >= 4 is 11.6 Å². The molecule has 1 fully saturated rings. The highest BCUT2D eigenvalue weighted by atomic mass is 16.2. The predicted molar refractivity (Wildman–Crippen MR) is 89.5 cm³/mol.